The average Bonchev–Trinajstić information content (AvgIpc) is 2.85. The molecule has 0 radical (unpaired) electrons. The van der Waals surface area contributed by atoms with Crippen LogP contribution in [0.5, 0.6) is 0 Å². The number of aryl methyl sites for hydroxylation is 2. The molecule has 0 heteroatoms. The number of terminal acetylenes is 1. The van der Waals surface area contributed by atoms with Crippen molar-refractivity contribution in [2.24, 2.45) is 0 Å². The van der Waals surface area contributed by atoms with E-state index in [1.165, 1.54) is 16.7 Å². The Morgan fingerprint density at radius 1 is 1.23 bits per heavy atom. The van der Waals surface area contributed by atoms with Gasteiger partial charge in [0.05, 0.1) is 5.41 Å². The topological polar surface area (TPSA) is 0 Å². The van der Waals surface area contributed by atoms with E-state index in [-0.39, 0.29) is 5.41 Å². The van der Waals surface area contributed by atoms with Crippen molar-refractivity contribution in [2.75, 3.05) is 0 Å². The fourth-order valence-electron chi connectivity index (χ4n) is 2.16. The predicted molar refractivity (Wildman–Crippen MR) is 55.7 cm³/mol. The molecule has 1 aromatic carbocycles. The largest absolute Gasteiger partial charge is 0.119 e. The molecule has 1 aliphatic rings. The molecule has 1 aliphatic carbocycles. The van der Waals surface area contributed by atoms with E-state index >= 15 is 0 Å². The second-order valence-corrected chi connectivity index (χ2v) is 3.99. The zero-order chi connectivity index (χ0) is 9.47. The summed E-state index contributed by atoms with van der Waals surface area (Å²) in [5.41, 5.74) is 4.18. The predicted octanol–water partition coefficient (Wildman–Crippen LogP) is 2.97. The lowest BCUT2D eigenvalue weighted by atomic mass is 9.89. The monoisotopic (exact) mass is 170 g/mol. The minimum atomic E-state index is 0.0927. The lowest BCUT2D eigenvalue weighted by Gasteiger charge is -2.14. The molecule has 0 nitrogen and oxygen atoms in total. The van der Waals surface area contributed by atoms with E-state index < -0.39 is 0 Å². The first kappa shape index (κ1) is 8.38. The number of hydrogen-bond acceptors (Lipinski definition) is 0. The average molecular weight is 170 g/mol. The van der Waals surface area contributed by atoms with E-state index in [0.717, 1.165) is 12.8 Å². The van der Waals surface area contributed by atoms with Gasteiger partial charge < -0.3 is 0 Å². The Balaban J connectivity index is 2.58. The summed E-state index contributed by atoms with van der Waals surface area (Å²) in [4.78, 5) is 0. The van der Waals surface area contributed by atoms with Crippen LogP contribution in [0.4, 0.5) is 0 Å². The van der Waals surface area contributed by atoms with Gasteiger partial charge in [-0.25, -0.2) is 0 Å². The summed E-state index contributed by atoms with van der Waals surface area (Å²) in [6, 6.07) is 6.40. The molecule has 0 aromatic heterocycles. The van der Waals surface area contributed by atoms with Crippen molar-refractivity contribution < 1.29 is 0 Å². The molecule has 13 heavy (non-hydrogen) atoms. The molecular weight excluding hydrogens is 156 g/mol. The Hall–Kier alpha value is -1.22. The summed E-state index contributed by atoms with van der Waals surface area (Å²) >= 11 is 0. The van der Waals surface area contributed by atoms with Crippen molar-refractivity contribution in [1.82, 2.24) is 0 Å². The quantitative estimate of drug-likeness (QED) is 0.568. The van der Waals surface area contributed by atoms with Crippen LogP contribution in [0, 0.1) is 26.2 Å². The molecule has 0 aliphatic heterocycles. The van der Waals surface area contributed by atoms with Gasteiger partial charge in [-0.1, -0.05) is 24.1 Å². The number of rotatable bonds is 1. The maximum atomic E-state index is 5.59. The van der Waals surface area contributed by atoms with Crippen molar-refractivity contribution in [3.63, 3.8) is 0 Å². The van der Waals surface area contributed by atoms with Crippen LogP contribution in [0.25, 0.3) is 0 Å². The van der Waals surface area contributed by atoms with Crippen LogP contribution >= 0.6 is 0 Å². The second-order valence-electron chi connectivity index (χ2n) is 3.99. The second kappa shape index (κ2) is 2.64. The zero-order valence-electron chi connectivity index (χ0n) is 8.22. The Morgan fingerprint density at radius 3 is 2.15 bits per heavy atom. The van der Waals surface area contributed by atoms with E-state index in [1.54, 1.807) is 0 Å². The summed E-state index contributed by atoms with van der Waals surface area (Å²) in [6.07, 6.45) is 7.91. The molecule has 0 spiro atoms. The van der Waals surface area contributed by atoms with Gasteiger partial charge in [-0.2, -0.15) is 0 Å². The Bertz CT molecular complexity index is 355. The van der Waals surface area contributed by atoms with Crippen molar-refractivity contribution in [1.29, 1.82) is 0 Å². The lowest BCUT2D eigenvalue weighted by Crippen LogP contribution is -2.07. The molecule has 1 saturated carbocycles. The molecule has 2 rings (SSSR count). The van der Waals surface area contributed by atoms with Crippen LogP contribution in [0.1, 0.15) is 29.5 Å². The van der Waals surface area contributed by atoms with Crippen molar-refractivity contribution >= 4 is 0 Å². The minimum Gasteiger partial charge on any atom is -0.119 e. The van der Waals surface area contributed by atoms with E-state index in [9.17, 15) is 0 Å². The highest BCUT2D eigenvalue weighted by Crippen LogP contribution is 2.49. The van der Waals surface area contributed by atoms with Gasteiger partial charge in [0.25, 0.3) is 0 Å². The van der Waals surface area contributed by atoms with Crippen LogP contribution in [-0.4, -0.2) is 0 Å². The smallest absolute Gasteiger partial charge is 0.0566 e. The molecule has 1 aromatic rings. The number of benzene rings is 1. The summed E-state index contributed by atoms with van der Waals surface area (Å²) in [6.45, 7) is 4.31. The molecule has 0 bridgehead atoms. The molecule has 1 fully saturated rings. The van der Waals surface area contributed by atoms with Gasteiger partial charge in [0, 0.05) is 0 Å². The maximum Gasteiger partial charge on any atom is 0.0566 e. The van der Waals surface area contributed by atoms with Crippen LogP contribution in [0.15, 0.2) is 18.2 Å². The van der Waals surface area contributed by atoms with Gasteiger partial charge in [0.1, 0.15) is 0 Å². The Kier molecular flexibility index (Phi) is 1.70. The van der Waals surface area contributed by atoms with E-state index in [0.29, 0.717) is 0 Å². The van der Waals surface area contributed by atoms with Gasteiger partial charge in [-0.3, -0.25) is 0 Å². The highest BCUT2D eigenvalue weighted by molar-refractivity contribution is 5.49. The van der Waals surface area contributed by atoms with Crippen molar-refractivity contribution in [3.05, 3.63) is 34.9 Å². The third kappa shape index (κ3) is 1.16. The van der Waals surface area contributed by atoms with Gasteiger partial charge in [0.2, 0.25) is 0 Å². The molecular formula is C13H14. The van der Waals surface area contributed by atoms with Crippen LogP contribution in [-0.2, 0) is 5.41 Å². The fourth-order valence-corrected chi connectivity index (χ4v) is 2.16. The molecule has 0 N–H and O–H groups in total. The Labute approximate surface area is 80.0 Å². The van der Waals surface area contributed by atoms with E-state index in [1.807, 2.05) is 0 Å². The van der Waals surface area contributed by atoms with Crippen molar-refractivity contribution in [3.8, 4) is 12.3 Å². The third-order valence-electron chi connectivity index (χ3n) is 2.99. The fraction of sp³-hybridized carbons (Fsp3) is 0.385. The van der Waals surface area contributed by atoms with Gasteiger partial charge in [-0.05, 0) is 43.4 Å². The maximum absolute atomic E-state index is 5.59. The van der Waals surface area contributed by atoms with Crippen LogP contribution < -0.4 is 0 Å². The lowest BCUT2D eigenvalue weighted by molar-refractivity contribution is 0.901. The highest BCUT2D eigenvalue weighted by Gasteiger charge is 2.44. The first-order chi connectivity index (χ1) is 6.19. The SMILES string of the molecule is C#CC1(c2c(C)cccc2C)CC1. The minimum absolute atomic E-state index is 0.0927. The molecule has 0 heterocycles. The van der Waals surface area contributed by atoms with E-state index in [4.69, 9.17) is 6.42 Å². The molecule has 0 saturated heterocycles. The summed E-state index contributed by atoms with van der Waals surface area (Å²) in [5, 5.41) is 0. The van der Waals surface area contributed by atoms with Crippen LogP contribution in [0.3, 0.4) is 0 Å². The normalized spacial score (nSPS) is 17.9. The number of hydrogen-bond donors (Lipinski definition) is 0. The molecule has 0 amide bonds. The molecule has 0 atom stereocenters. The van der Waals surface area contributed by atoms with Crippen molar-refractivity contribution in [2.45, 2.75) is 32.1 Å². The molecule has 66 valence electrons. The first-order valence-electron chi connectivity index (χ1n) is 4.74. The molecule has 0 unspecified atom stereocenters. The van der Waals surface area contributed by atoms with Crippen LogP contribution in [0.2, 0.25) is 0 Å². The summed E-state index contributed by atoms with van der Waals surface area (Å²) in [7, 11) is 0. The summed E-state index contributed by atoms with van der Waals surface area (Å²) < 4.78 is 0. The van der Waals surface area contributed by atoms with E-state index in [2.05, 4.69) is 38.0 Å². The zero-order valence-corrected chi connectivity index (χ0v) is 8.22. The highest BCUT2D eigenvalue weighted by atomic mass is 14.5. The third-order valence-corrected chi connectivity index (χ3v) is 2.99. The standard InChI is InChI=1S/C13H14/c1-4-13(8-9-13)12-10(2)6-5-7-11(12)3/h1,5-7H,8-9H2,2-3H3. The Morgan fingerprint density at radius 2 is 1.77 bits per heavy atom. The van der Waals surface area contributed by atoms with Gasteiger partial charge >= 0.3 is 0 Å². The first-order valence-corrected chi connectivity index (χ1v) is 4.74. The summed E-state index contributed by atoms with van der Waals surface area (Å²) in [5.74, 6) is 2.95. The van der Waals surface area contributed by atoms with Gasteiger partial charge in [-0.15, -0.1) is 6.42 Å². The van der Waals surface area contributed by atoms with Gasteiger partial charge in [0.15, 0.2) is 0 Å².